The molecule has 0 atom stereocenters. The Kier molecular flexibility index (Phi) is 6.15. The van der Waals surface area contributed by atoms with Crippen LogP contribution in [0.5, 0.6) is 0 Å². The van der Waals surface area contributed by atoms with E-state index in [0.717, 1.165) is 44.2 Å². The summed E-state index contributed by atoms with van der Waals surface area (Å²) in [5.74, 6) is 1.86. The van der Waals surface area contributed by atoms with Crippen LogP contribution in [0.15, 0.2) is 168 Å². The van der Waals surface area contributed by atoms with Gasteiger partial charge in [-0.3, -0.25) is 0 Å². The first kappa shape index (κ1) is 27.5. The molecule has 0 saturated carbocycles. The second-order valence-electron chi connectivity index (χ2n) is 12.4. The SMILES string of the molecule is c1ccc(-c2nc(-c3ccc4oc5ccccc5c4c3)nc(-c3ccccc3-c3c4ccccc4cc4c3ccc3ccccc34)n2)cc1. The van der Waals surface area contributed by atoms with Gasteiger partial charge in [0.05, 0.1) is 0 Å². The van der Waals surface area contributed by atoms with Gasteiger partial charge in [-0.2, -0.15) is 0 Å². The van der Waals surface area contributed by atoms with E-state index in [4.69, 9.17) is 19.4 Å². The van der Waals surface area contributed by atoms with Crippen molar-refractivity contribution in [3.63, 3.8) is 0 Å². The maximum atomic E-state index is 6.14. The Labute approximate surface area is 282 Å². The van der Waals surface area contributed by atoms with E-state index in [2.05, 4.69) is 103 Å². The lowest BCUT2D eigenvalue weighted by Crippen LogP contribution is -2.01. The van der Waals surface area contributed by atoms with E-state index in [1.807, 2.05) is 60.7 Å². The Morgan fingerprint density at radius 2 is 0.959 bits per heavy atom. The molecule has 8 aromatic carbocycles. The summed E-state index contributed by atoms with van der Waals surface area (Å²) in [5, 5.41) is 9.36. The number of hydrogen-bond donors (Lipinski definition) is 0. The Bertz CT molecular complexity index is 2890. The predicted molar refractivity (Wildman–Crippen MR) is 201 cm³/mol. The van der Waals surface area contributed by atoms with Gasteiger partial charge >= 0.3 is 0 Å². The summed E-state index contributed by atoms with van der Waals surface area (Å²) in [5.41, 5.74) is 6.73. The lowest BCUT2D eigenvalue weighted by Gasteiger charge is -2.17. The molecule has 0 unspecified atom stereocenters. The summed E-state index contributed by atoms with van der Waals surface area (Å²) < 4.78 is 6.14. The zero-order valence-electron chi connectivity index (χ0n) is 26.3. The fraction of sp³-hybridized carbons (Fsp3) is 0. The van der Waals surface area contributed by atoms with Crippen LogP contribution in [0.25, 0.3) is 99.5 Å². The molecule has 0 radical (unpaired) electrons. The first-order valence-electron chi connectivity index (χ1n) is 16.4. The van der Waals surface area contributed by atoms with Gasteiger partial charge in [0.15, 0.2) is 17.5 Å². The molecule has 228 valence electrons. The molecule has 0 amide bonds. The molecule has 0 aliphatic rings. The number of fused-ring (bicyclic) bond motifs is 7. The van der Waals surface area contributed by atoms with E-state index in [0.29, 0.717) is 17.5 Å². The van der Waals surface area contributed by atoms with Gasteiger partial charge in [0, 0.05) is 27.5 Å². The van der Waals surface area contributed by atoms with Crippen molar-refractivity contribution < 1.29 is 4.42 Å². The van der Waals surface area contributed by atoms with E-state index in [1.165, 1.54) is 37.9 Å². The third-order valence-electron chi connectivity index (χ3n) is 9.51. The summed E-state index contributed by atoms with van der Waals surface area (Å²) in [7, 11) is 0. The van der Waals surface area contributed by atoms with Crippen molar-refractivity contribution in [2.75, 3.05) is 0 Å². The highest BCUT2D eigenvalue weighted by Gasteiger charge is 2.20. The number of rotatable bonds is 4. The second-order valence-corrected chi connectivity index (χ2v) is 12.4. The number of aromatic nitrogens is 3. The van der Waals surface area contributed by atoms with Crippen LogP contribution in [0.2, 0.25) is 0 Å². The van der Waals surface area contributed by atoms with Gasteiger partial charge < -0.3 is 4.42 Å². The zero-order chi connectivity index (χ0) is 32.3. The van der Waals surface area contributed by atoms with Gasteiger partial charge in [0.25, 0.3) is 0 Å². The number of benzene rings is 8. The lowest BCUT2D eigenvalue weighted by molar-refractivity contribution is 0.669. The highest BCUT2D eigenvalue weighted by Crippen LogP contribution is 2.43. The molecule has 10 aromatic rings. The van der Waals surface area contributed by atoms with Crippen LogP contribution in [0.1, 0.15) is 0 Å². The minimum Gasteiger partial charge on any atom is -0.456 e. The van der Waals surface area contributed by atoms with Crippen LogP contribution < -0.4 is 0 Å². The van der Waals surface area contributed by atoms with E-state index in [-0.39, 0.29) is 0 Å². The monoisotopic (exact) mass is 625 g/mol. The average molecular weight is 626 g/mol. The van der Waals surface area contributed by atoms with Crippen LogP contribution in [0.3, 0.4) is 0 Å². The molecule has 4 heteroatoms. The smallest absolute Gasteiger partial charge is 0.164 e. The quantitative estimate of drug-likeness (QED) is 0.144. The van der Waals surface area contributed by atoms with Crippen LogP contribution in [0, 0.1) is 0 Å². The number of hydrogen-bond acceptors (Lipinski definition) is 4. The van der Waals surface area contributed by atoms with Crippen LogP contribution in [-0.4, -0.2) is 15.0 Å². The van der Waals surface area contributed by atoms with Gasteiger partial charge in [0.2, 0.25) is 0 Å². The lowest BCUT2D eigenvalue weighted by atomic mass is 9.88. The normalized spacial score (nSPS) is 11.7. The molecule has 49 heavy (non-hydrogen) atoms. The van der Waals surface area contributed by atoms with Crippen molar-refractivity contribution in [1.82, 2.24) is 15.0 Å². The van der Waals surface area contributed by atoms with Crippen molar-refractivity contribution in [1.29, 1.82) is 0 Å². The Morgan fingerprint density at radius 3 is 1.82 bits per heavy atom. The van der Waals surface area contributed by atoms with Crippen LogP contribution in [-0.2, 0) is 0 Å². The van der Waals surface area contributed by atoms with Crippen molar-refractivity contribution in [3.8, 4) is 45.3 Å². The van der Waals surface area contributed by atoms with Crippen LogP contribution in [0.4, 0.5) is 0 Å². The van der Waals surface area contributed by atoms with E-state index in [1.54, 1.807) is 0 Å². The number of nitrogens with zero attached hydrogens (tertiary/aromatic N) is 3. The molecule has 2 heterocycles. The Balaban J connectivity index is 1.25. The van der Waals surface area contributed by atoms with Crippen molar-refractivity contribution in [2.45, 2.75) is 0 Å². The second kappa shape index (κ2) is 11.0. The molecule has 4 nitrogen and oxygen atoms in total. The summed E-state index contributed by atoms with van der Waals surface area (Å²) in [6.45, 7) is 0. The highest BCUT2D eigenvalue weighted by atomic mass is 16.3. The molecule has 2 aromatic heterocycles. The van der Waals surface area contributed by atoms with Gasteiger partial charge in [0.1, 0.15) is 11.2 Å². The highest BCUT2D eigenvalue weighted by molar-refractivity contribution is 6.21. The first-order chi connectivity index (χ1) is 24.3. The topological polar surface area (TPSA) is 51.8 Å². The van der Waals surface area contributed by atoms with Gasteiger partial charge in [-0.05, 0) is 73.8 Å². The Morgan fingerprint density at radius 1 is 0.327 bits per heavy atom. The molecular weight excluding hydrogens is 599 g/mol. The van der Waals surface area contributed by atoms with Gasteiger partial charge in [-0.1, -0.05) is 133 Å². The summed E-state index contributed by atoms with van der Waals surface area (Å²) in [6.07, 6.45) is 0. The third-order valence-corrected chi connectivity index (χ3v) is 9.51. The fourth-order valence-electron chi connectivity index (χ4n) is 7.21. The average Bonchev–Trinajstić information content (AvgIpc) is 3.55. The van der Waals surface area contributed by atoms with E-state index in [9.17, 15) is 0 Å². The number of para-hydroxylation sites is 1. The minimum atomic E-state index is 0.611. The standard InChI is InChI=1S/C45H27N3O/c1-2-13-29(14-3-1)43-46-44(31-23-25-41-39(27-31)34-18-10-11-21-40(34)49-41)48-45(47-43)37-20-9-8-19-35(37)42-33-17-7-5-15-30(33)26-38-32-16-6-4-12-28(32)22-24-36(38)42/h1-27H. The van der Waals surface area contributed by atoms with Gasteiger partial charge in [-0.25, -0.2) is 15.0 Å². The molecule has 0 spiro atoms. The maximum Gasteiger partial charge on any atom is 0.164 e. The third kappa shape index (κ3) is 4.49. The van der Waals surface area contributed by atoms with Crippen molar-refractivity contribution in [3.05, 3.63) is 164 Å². The van der Waals surface area contributed by atoms with E-state index >= 15 is 0 Å². The molecule has 0 fully saturated rings. The first-order valence-corrected chi connectivity index (χ1v) is 16.4. The fourth-order valence-corrected chi connectivity index (χ4v) is 7.21. The maximum absolute atomic E-state index is 6.14. The molecule has 0 N–H and O–H groups in total. The largest absolute Gasteiger partial charge is 0.456 e. The zero-order valence-corrected chi connectivity index (χ0v) is 26.3. The molecular formula is C45H27N3O. The molecule has 10 rings (SSSR count). The minimum absolute atomic E-state index is 0.611. The van der Waals surface area contributed by atoms with Gasteiger partial charge in [-0.15, -0.1) is 0 Å². The predicted octanol–water partition coefficient (Wildman–Crippen LogP) is 11.9. The number of furan rings is 1. The molecule has 0 aliphatic heterocycles. The molecule has 0 bridgehead atoms. The van der Waals surface area contributed by atoms with Crippen molar-refractivity contribution in [2.24, 2.45) is 0 Å². The Hall–Kier alpha value is -6.65. The van der Waals surface area contributed by atoms with E-state index < -0.39 is 0 Å². The van der Waals surface area contributed by atoms with Crippen molar-refractivity contribution >= 4 is 54.3 Å². The molecule has 0 aliphatic carbocycles. The molecule has 0 saturated heterocycles. The summed E-state index contributed by atoms with van der Waals surface area (Å²) in [6, 6.07) is 57.0. The summed E-state index contributed by atoms with van der Waals surface area (Å²) in [4.78, 5) is 15.4. The summed E-state index contributed by atoms with van der Waals surface area (Å²) >= 11 is 0. The van der Waals surface area contributed by atoms with Crippen LogP contribution >= 0.6 is 0 Å².